The van der Waals surface area contributed by atoms with Crippen molar-refractivity contribution >= 4 is 0 Å². The summed E-state index contributed by atoms with van der Waals surface area (Å²) in [5, 5.41) is 0. The molecule has 0 amide bonds. The Morgan fingerprint density at radius 3 is 1.82 bits per heavy atom. The summed E-state index contributed by atoms with van der Waals surface area (Å²) in [6.45, 7) is 14.0. The van der Waals surface area contributed by atoms with Crippen LogP contribution in [0.15, 0.2) is 36.0 Å². The lowest BCUT2D eigenvalue weighted by Gasteiger charge is -2.32. The molecule has 0 radical (unpaired) electrons. The fraction of sp³-hybridized carbons (Fsp3) is 0.727. The van der Waals surface area contributed by atoms with Gasteiger partial charge in [-0.25, -0.2) is 0 Å². The molecular weight excluding hydrogens is 264 g/mol. The highest BCUT2D eigenvalue weighted by atomic mass is 14.3. The Kier molecular flexibility index (Phi) is 12.3. The third-order valence-electron chi connectivity index (χ3n) is 4.54. The highest BCUT2D eigenvalue weighted by molar-refractivity contribution is 5.31. The predicted octanol–water partition coefficient (Wildman–Crippen LogP) is 7.87. The molecule has 0 bridgehead atoms. The van der Waals surface area contributed by atoms with E-state index in [2.05, 4.69) is 71.9 Å². The zero-order valence-electron chi connectivity index (χ0n) is 16.1. The lowest BCUT2D eigenvalue weighted by molar-refractivity contribution is 0.225. The Labute approximate surface area is 140 Å². The standard InChI is InChI=1S/C22H40/c1-7-11-14-16-20(17-15-12-8-2)19-21(10-4)22(5,6)18-13-9-3/h14-17,19,21H,7-13,18H2,1-6H3. The number of hydrogen-bond acceptors (Lipinski definition) is 0. The smallest absolute Gasteiger partial charge is 0.0176 e. The van der Waals surface area contributed by atoms with E-state index in [1.807, 2.05) is 0 Å². The van der Waals surface area contributed by atoms with E-state index in [1.54, 1.807) is 0 Å². The SMILES string of the molecule is CCCC=CC(C=CCCC)=CC(CC)C(C)(C)CCCC. The van der Waals surface area contributed by atoms with Crippen LogP contribution in [0.2, 0.25) is 0 Å². The lowest BCUT2D eigenvalue weighted by atomic mass is 9.73. The van der Waals surface area contributed by atoms with Crippen molar-refractivity contribution in [3.8, 4) is 0 Å². The van der Waals surface area contributed by atoms with E-state index in [-0.39, 0.29) is 0 Å². The Morgan fingerprint density at radius 2 is 1.41 bits per heavy atom. The van der Waals surface area contributed by atoms with Gasteiger partial charge in [0, 0.05) is 0 Å². The molecule has 1 unspecified atom stereocenters. The van der Waals surface area contributed by atoms with Crippen LogP contribution in [0.25, 0.3) is 0 Å². The van der Waals surface area contributed by atoms with Gasteiger partial charge in [-0.3, -0.25) is 0 Å². The van der Waals surface area contributed by atoms with Crippen LogP contribution in [0.3, 0.4) is 0 Å². The van der Waals surface area contributed by atoms with Crippen molar-refractivity contribution < 1.29 is 0 Å². The topological polar surface area (TPSA) is 0 Å². The van der Waals surface area contributed by atoms with Crippen LogP contribution in [0.1, 0.15) is 92.9 Å². The van der Waals surface area contributed by atoms with Gasteiger partial charge in [0.05, 0.1) is 0 Å². The molecule has 0 aromatic carbocycles. The molecule has 0 fully saturated rings. The number of hydrogen-bond donors (Lipinski definition) is 0. The van der Waals surface area contributed by atoms with E-state index in [0.29, 0.717) is 11.3 Å². The van der Waals surface area contributed by atoms with Gasteiger partial charge in [0.1, 0.15) is 0 Å². The van der Waals surface area contributed by atoms with Crippen LogP contribution in [0.4, 0.5) is 0 Å². The van der Waals surface area contributed by atoms with Gasteiger partial charge in [0.15, 0.2) is 0 Å². The molecule has 0 aromatic rings. The third kappa shape index (κ3) is 9.28. The van der Waals surface area contributed by atoms with Crippen molar-refractivity contribution in [1.82, 2.24) is 0 Å². The largest absolute Gasteiger partial charge is 0.0840 e. The minimum absolute atomic E-state index is 0.396. The van der Waals surface area contributed by atoms with Crippen LogP contribution in [-0.2, 0) is 0 Å². The number of allylic oxidation sites excluding steroid dienone is 6. The summed E-state index contributed by atoms with van der Waals surface area (Å²) >= 11 is 0. The van der Waals surface area contributed by atoms with E-state index in [4.69, 9.17) is 0 Å². The summed E-state index contributed by atoms with van der Waals surface area (Å²) in [4.78, 5) is 0. The van der Waals surface area contributed by atoms with Crippen LogP contribution >= 0.6 is 0 Å². The first-order valence-electron chi connectivity index (χ1n) is 9.56. The van der Waals surface area contributed by atoms with E-state index < -0.39 is 0 Å². The summed E-state index contributed by atoms with van der Waals surface area (Å²) in [5.74, 6) is 0.659. The minimum atomic E-state index is 0.396. The molecule has 0 N–H and O–H groups in total. The average Bonchev–Trinajstić information content (AvgIpc) is 2.50. The van der Waals surface area contributed by atoms with Gasteiger partial charge in [0.2, 0.25) is 0 Å². The molecule has 0 heteroatoms. The Bertz CT molecular complexity index is 323. The summed E-state index contributed by atoms with van der Waals surface area (Å²) in [7, 11) is 0. The van der Waals surface area contributed by atoms with Crippen molar-refractivity contribution in [2.24, 2.45) is 11.3 Å². The summed E-state index contributed by atoms with van der Waals surface area (Å²) in [5.41, 5.74) is 1.80. The maximum atomic E-state index is 2.52. The average molecular weight is 305 g/mol. The lowest BCUT2D eigenvalue weighted by Crippen LogP contribution is -2.22. The Balaban J connectivity index is 5.14. The maximum Gasteiger partial charge on any atom is -0.0176 e. The van der Waals surface area contributed by atoms with Crippen molar-refractivity contribution in [3.63, 3.8) is 0 Å². The minimum Gasteiger partial charge on any atom is -0.0840 e. The van der Waals surface area contributed by atoms with E-state index >= 15 is 0 Å². The van der Waals surface area contributed by atoms with Gasteiger partial charge in [-0.1, -0.05) is 97.6 Å². The summed E-state index contributed by atoms with van der Waals surface area (Å²) in [6, 6.07) is 0. The van der Waals surface area contributed by atoms with E-state index in [0.717, 1.165) is 0 Å². The zero-order valence-corrected chi connectivity index (χ0v) is 16.1. The zero-order chi connectivity index (χ0) is 16.8. The molecule has 0 aromatic heterocycles. The fourth-order valence-corrected chi connectivity index (χ4v) is 2.88. The van der Waals surface area contributed by atoms with Crippen molar-refractivity contribution in [3.05, 3.63) is 36.0 Å². The molecule has 0 rings (SSSR count). The fourth-order valence-electron chi connectivity index (χ4n) is 2.88. The summed E-state index contributed by atoms with van der Waals surface area (Å²) in [6.07, 6.45) is 21.8. The molecule has 0 spiro atoms. The monoisotopic (exact) mass is 304 g/mol. The van der Waals surface area contributed by atoms with Gasteiger partial charge < -0.3 is 0 Å². The summed E-state index contributed by atoms with van der Waals surface area (Å²) < 4.78 is 0. The second kappa shape index (κ2) is 12.7. The van der Waals surface area contributed by atoms with E-state index in [9.17, 15) is 0 Å². The third-order valence-corrected chi connectivity index (χ3v) is 4.54. The maximum absolute atomic E-state index is 2.52. The molecule has 1 atom stereocenters. The molecule has 22 heavy (non-hydrogen) atoms. The van der Waals surface area contributed by atoms with Crippen LogP contribution in [-0.4, -0.2) is 0 Å². The molecule has 0 saturated carbocycles. The van der Waals surface area contributed by atoms with E-state index in [1.165, 1.54) is 56.9 Å². The molecule has 128 valence electrons. The second-order valence-corrected chi connectivity index (χ2v) is 7.16. The predicted molar refractivity (Wildman–Crippen MR) is 103 cm³/mol. The normalized spacial score (nSPS) is 13.9. The second-order valence-electron chi connectivity index (χ2n) is 7.16. The Hall–Kier alpha value is -0.780. The molecule has 0 nitrogen and oxygen atoms in total. The molecular formula is C22H40. The number of rotatable bonds is 12. The quantitative estimate of drug-likeness (QED) is 0.322. The van der Waals surface area contributed by atoms with Crippen LogP contribution in [0, 0.1) is 11.3 Å². The Morgan fingerprint density at radius 1 is 0.864 bits per heavy atom. The molecule has 0 aliphatic heterocycles. The van der Waals surface area contributed by atoms with Gasteiger partial charge in [-0.05, 0) is 42.6 Å². The molecule has 0 saturated heterocycles. The molecule has 0 heterocycles. The van der Waals surface area contributed by atoms with Crippen LogP contribution < -0.4 is 0 Å². The first-order valence-corrected chi connectivity index (χ1v) is 9.56. The van der Waals surface area contributed by atoms with Crippen molar-refractivity contribution in [1.29, 1.82) is 0 Å². The van der Waals surface area contributed by atoms with Gasteiger partial charge in [0.25, 0.3) is 0 Å². The molecule has 0 aliphatic carbocycles. The van der Waals surface area contributed by atoms with Gasteiger partial charge in [-0.2, -0.15) is 0 Å². The van der Waals surface area contributed by atoms with Gasteiger partial charge >= 0.3 is 0 Å². The molecule has 0 aliphatic rings. The van der Waals surface area contributed by atoms with Crippen molar-refractivity contribution in [2.75, 3.05) is 0 Å². The van der Waals surface area contributed by atoms with Crippen molar-refractivity contribution in [2.45, 2.75) is 92.9 Å². The van der Waals surface area contributed by atoms with Gasteiger partial charge in [-0.15, -0.1) is 0 Å². The number of unbranched alkanes of at least 4 members (excludes halogenated alkanes) is 3. The first kappa shape index (κ1) is 21.2. The highest BCUT2D eigenvalue weighted by Gasteiger charge is 2.25. The first-order chi connectivity index (χ1) is 10.5. The highest BCUT2D eigenvalue weighted by Crippen LogP contribution is 2.36. The van der Waals surface area contributed by atoms with Crippen LogP contribution in [0.5, 0.6) is 0 Å².